The molecule has 0 spiro atoms. The van der Waals surface area contributed by atoms with Crippen LogP contribution in [0, 0.1) is 0 Å². The van der Waals surface area contributed by atoms with E-state index in [1.54, 1.807) is 11.3 Å². The first-order valence-electron chi connectivity index (χ1n) is 7.19. The minimum atomic E-state index is 0.362. The molecule has 0 fully saturated rings. The first kappa shape index (κ1) is 15.5. The number of nitrogens with one attached hydrogen (secondary N) is 2. The molecule has 0 unspecified atom stereocenters. The molecule has 0 amide bonds. The van der Waals surface area contributed by atoms with E-state index < -0.39 is 0 Å². The fourth-order valence-electron chi connectivity index (χ4n) is 1.68. The summed E-state index contributed by atoms with van der Waals surface area (Å²) >= 11 is 1.71. The molecule has 0 saturated heterocycles. The van der Waals surface area contributed by atoms with Crippen molar-refractivity contribution in [1.29, 1.82) is 0 Å². The summed E-state index contributed by atoms with van der Waals surface area (Å²) < 4.78 is 5.49. The molecule has 0 bridgehead atoms. The summed E-state index contributed by atoms with van der Waals surface area (Å²) in [6.07, 6.45) is 1.86. The highest BCUT2D eigenvalue weighted by Crippen LogP contribution is 2.12. The van der Waals surface area contributed by atoms with Gasteiger partial charge in [0.25, 0.3) is 0 Å². The van der Waals surface area contributed by atoms with Gasteiger partial charge in [-0.05, 0) is 42.2 Å². The van der Waals surface area contributed by atoms with E-state index in [1.165, 1.54) is 5.56 Å². The van der Waals surface area contributed by atoms with E-state index in [-0.39, 0.29) is 0 Å². The van der Waals surface area contributed by atoms with E-state index in [0.717, 1.165) is 25.9 Å². The van der Waals surface area contributed by atoms with Crippen LogP contribution in [-0.2, 0) is 6.42 Å². The predicted molar refractivity (Wildman–Crippen MR) is 86.3 cm³/mol. The first-order chi connectivity index (χ1) is 10.3. The molecule has 2 aromatic rings. The lowest BCUT2D eigenvalue weighted by Crippen LogP contribution is -2.12. The van der Waals surface area contributed by atoms with Crippen LogP contribution in [0.25, 0.3) is 0 Å². The average Bonchev–Trinajstić information content (AvgIpc) is 2.99. The third-order valence-electron chi connectivity index (χ3n) is 2.66. The number of nitrogens with zero attached hydrogens (tertiary/aromatic N) is 3. The van der Waals surface area contributed by atoms with Crippen molar-refractivity contribution in [2.24, 2.45) is 0 Å². The van der Waals surface area contributed by atoms with E-state index >= 15 is 0 Å². The van der Waals surface area contributed by atoms with Gasteiger partial charge in [-0.15, -0.1) is 0 Å². The van der Waals surface area contributed by atoms with Crippen LogP contribution in [0.4, 0.5) is 11.9 Å². The Morgan fingerprint density at radius 2 is 1.95 bits per heavy atom. The quantitative estimate of drug-likeness (QED) is 0.742. The van der Waals surface area contributed by atoms with Gasteiger partial charge in [0.05, 0.1) is 6.61 Å². The minimum absolute atomic E-state index is 0.362. The van der Waals surface area contributed by atoms with Crippen molar-refractivity contribution in [2.45, 2.75) is 26.7 Å². The Hall–Kier alpha value is -1.89. The SMILES string of the molecule is CCCOc1nc(NCC)nc(NCCc2ccsc2)n1. The van der Waals surface area contributed by atoms with Gasteiger partial charge in [0.1, 0.15) is 0 Å². The molecule has 2 heterocycles. The second-order valence-corrected chi connectivity index (χ2v) is 5.23. The smallest absolute Gasteiger partial charge is 0.323 e. The van der Waals surface area contributed by atoms with E-state index in [9.17, 15) is 0 Å². The van der Waals surface area contributed by atoms with Crippen molar-refractivity contribution in [3.05, 3.63) is 22.4 Å². The molecular weight excluding hydrogens is 286 g/mol. The summed E-state index contributed by atoms with van der Waals surface area (Å²) in [4.78, 5) is 12.8. The Labute approximate surface area is 129 Å². The van der Waals surface area contributed by atoms with Gasteiger partial charge >= 0.3 is 6.01 Å². The normalized spacial score (nSPS) is 10.4. The highest BCUT2D eigenvalue weighted by molar-refractivity contribution is 7.07. The molecule has 7 heteroatoms. The van der Waals surface area contributed by atoms with Crippen LogP contribution in [0.15, 0.2) is 16.8 Å². The predicted octanol–water partition coefficient (Wildman–Crippen LogP) is 2.81. The molecule has 0 aliphatic carbocycles. The van der Waals surface area contributed by atoms with Gasteiger partial charge in [0.2, 0.25) is 11.9 Å². The third-order valence-corrected chi connectivity index (χ3v) is 3.39. The number of rotatable bonds is 9. The van der Waals surface area contributed by atoms with Crippen LogP contribution in [0.2, 0.25) is 0 Å². The lowest BCUT2D eigenvalue weighted by molar-refractivity contribution is 0.292. The van der Waals surface area contributed by atoms with Crippen LogP contribution in [0.5, 0.6) is 6.01 Å². The molecule has 2 aromatic heterocycles. The van der Waals surface area contributed by atoms with E-state index in [4.69, 9.17) is 4.74 Å². The molecule has 2 rings (SSSR count). The number of hydrogen-bond acceptors (Lipinski definition) is 7. The third kappa shape index (κ3) is 5.18. The second-order valence-electron chi connectivity index (χ2n) is 4.45. The van der Waals surface area contributed by atoms with Crippen LogP contribution in [0.3, 0.4) is 0 Å². The number of aromatic nitrogens is 3. The zero-order chi connectivity index (χ0) is 14.9. The molecule has 0 saturated carbocycles. The minimum Gasteiger partial charge on any atom is -0.463 e. The number of hydrogen-bond donors (Lipinski definition) is 2. The van der Waals surface area contributed by atoms with Crippen molar-refractivity contribution in [3.8, 4) is 6.01 Å². The lowest BCUT2D eigenvalue weighted by Gasteiger charge is -2.09. The number of thiophene rings is 1. The molecule has 0 aliphatic rings. The fourth-order valence-corrected chi connectivity index (χ4v) is 2.39. The van der Waals surface area contributed by atoms with Crippen molar-refractivity contribution in [2.75, 3.05) is 30.3 Å². The standard InChI is InChI=1S/C14H21N5OS/c1-3-8-20-14-18-12(15-4-2)17-13(19-14)16-7-5-11-6-9-21-10-11/h6,9-10H,3-5,7-8H2,1-2H3,(H2,15,16,17,18,19). The van der Waals surface area contributed by atoms with Gasteiger partial charge in [0, 0.05) is 13.1 Å². The molecule has 114 valence electrons. The van der Waals surface area contributed by atoms with Gasteiger partial charge in [-0.3, -0.25) is 0 Å². The van der Waals surface area contributed by atoms with E-state index in [0.29, 0.717) is 24.5 Å². The average molecular weight is 307 g/mol. The van der Waals surface area contributed by atoms with Crippen LogP contribution < -0.4 is 15.4 Å². The van der Waals surface area contributed by atoms with Gasteiger partial charge in [-0.2, -0.15) is 26.3 Å². The van der Waals surface area contributed by atoms with Gasteiger partial charge in [0.15, 0.2) is 0 Å². The van der Waals surface area contributed by atoms with Gasteiger partial charge in [-0.25, -0.2) is 0 Å². The van der Waals surface area contributed by atoms with Crippen molar-refractivity contribution in [1.82, 2.24) is 15.0 Å². The molecule has 0 atom stereocenters. The van der Waals surface area contributed by atoms with Crippen LogP contribution >= 0.6 is 11.3 Å². The summed E-state index contributed by atoms with van der Waals surface area (Å²) in [7, 11) is 0. The summed E-state index contributed by atoms with van der Waals surface area (Å²) in [5.41, 5.74) is 1.32. The number of anilines is 2. The Kier molecular flexibility index (Phi) is 6.21. The zero-order valence-corrected chi connectivity index (χ0v) is 13.2. The van der Waals surface area contributed by atoms with Gasteiger partial charge in [-0.1, -0.05) is 6.92 Å². The maximum atomic E-state index is 5.49. The Morgan fingerprint density at radius 3 is 2.62 bits per heavy atom. The maximum Gasteiger partial charge on any atom is 0.323 e. The molecule has 0 aliphatic heterocycles. The van der Waals surface area contributed by atoms with Crippen molar-refractivity contribution in [3.63, 3.8) is 0 Å². The van der Waals surface area contributed by atoms with Gasteiger partial charge < -0.3 is 15.4 Å². The summed E-state index contributed by atoms with van der Waals surface area (Å²) in [5, 5.41) is 10.5. The van der Waals surface area contributed by atoms with Crippen molar-refractivity contribution >= 4 is 23.2 Å². The second kappa shape index (κ2) is 8.41. The highest BCUT2D eigenvalue weighted by atomic mass is 32.1. The summed E-state index contributed by atoms with van der Waals surface area (Å²) in [6.45, 7) is 6.18. The highest BCUT2D eigenvalue weighted by Gasteiger charge is 2.06. The lowest BCUT2D eigenvalue weighted by atomic mass is 10.2. The summed E-state index contributed by atoms with van der Waals surface area (Å²) in [5.74, 6) is 1.08. The van der Waals surface area contributed by atoms with E-state index in [2.05, 4.69) is 42.4 Å². The molecule has 21 heavy (non-hydrogen) atoms. The fraction of sp³-hybridized carbons (Fsp3) is 0.500. The summed E-state index contributed by atoms with van der Waals surface area (Å²) in [6, 6.07) is 2.49. The molecule has 2 N–H and O–H groups in total. The topological polar surface area (TPSA) is 72.0 Å². The molecule has 0 aromatic carbocycles. The molecule has 6 nitrogen and oxygen atoms in total. The van der Waals surface area contributed by atoms with E-state index in [1.807, 2.05) is 13.8 Å². The molecular formula is C14H21N5OS. The first-order valence-corrected chi connectivity index (χ1v) is 8.13. The zero-order valence-electron chi connectivity index (χ0n) is 12.4. The Balaban J connectivity index is 1.97. The molecule has 0 radical (unpaired) electrons. The Bertz CT molecular complexity index is 532. The number of ether oxygens (including phenoxy) is 1. The monoisotopic (exact) mass is 307 g/mol. The van der Waals surface area contributed by atoms with Crippen LogP contribution in [-0.4, -0.2) is 34.6 Å². The largest absolute Gasteiger partial charge is 0.463 e. The van der Waals surface area contributed by atoms with Crippen LogP contribution in [0.1, 0.15) is 25.8 Å². The van der Waals surface area contributed by atoms with Crippen molar-refractivity contribution < 1.29 is 4.74 Å². The maximum absolute atomic E-state index is 5.49. The Morgan fingerprint density at radius 1 is 1.14 bits per heavy atom.